The first-order valence-electron chi connectivity index (χ1n) is 7.92. The Kier molecular flexibility index (Phi) is 4.71. The maximum Gasteiger partial charge on any atom is 0.195 e. The summed E-state index contributed by atoms with van der Waals surface area (Å²) in [6.45, 7) is 3.32. The molecular weight excluding hydrogens is 381 g/mol. The molecule has 0 spiro atoms. The van der Waals surface area contributed by atoms with Gasteiger partial charge in [0, 0.05) is 23.7 Å². The van der Waals surface area contributed by atoms with Crippen molar-refractivity contribution in [3.05, 3.63) is 53.5 Å². The average Bonchev–Trinajstić information content (AvgIpc) is 2.88. The first-order chi connectivity index (χ1) is 11.1. The molecule has 0 amide bonds. The molecule has 0 radical (unpaired) electrons. The number of hydrogen-bond donors (Lipinski definition) is 0. The van der Waals surface area contributed by atoms with Crippen molar-refractivity contribution in [3.8, 4) is 11.3 Å². The van der Waals surface area contributed by atoms with Crippen LogP contribution in [0.4, 0.5) is 13.2 Å². The minimum absolute atomic E-state index is 0. The molecule has 4 rings (SSSR count). The second-order valence-corrected chi connectivity index (χ2v) is 6.57. The van der Waals surface area contributed by atoms with Crippen LogP contribution in [0, 0.1) is 17.5 Å². The van der Waals surface area contributed by atoms with Crippen LogP contribution in [-0.4, -0.2) is 29.5 Å². The van der Waals surface area contributed by atoms with Crippen LogP contribution >= 0.6 is 17.0 Å². The molecule has 2 fully saturated rings. The van der Waals surface area contributed by atoms with E-state index in [4.69, 9.17) is 0 Å². The van der Waals surface area contributed by atoms with E-state index in [9.17, 15) is 13.2 Å². The van der Waals surface area contributed by atoms with Gasteiger partial charge in [-0.25, -0.2) is 13.2 Å². The highest BCUT2D eigenvalue weighted by atomic mass is 79.9. The van der Waals surface area contributed by atoms with E-state index in [1.807, 2.05) is 6.07 Å². The van der Waals surface area contributed by atoms with Crippen LogP contribution in [0.2, 0.25) is 0 Å². The lowest BCUT2D eigenvalue weighted by molar-refractivity contribution is 0.243. The highest BCUT2D eigenvalue weighted by Gasteiger charge is 2.42. The highest BCUT2D eigenvalue weighted by Crippen LogP contribution is 2.42. The number of piperidine rings is 1. The zero-order chi connectivity index (χ0) is 16.0. The van der Waals surface area contributed by atoms with Gasteiger partial charge in [0.05, 0.1) is 5.69 Å². The molecule has 2 aliphatic heterocycles. The van der Waals surface area contributed by atoms with Gasteiger partial charge in [-0.15, -0.1) is 17.0 Å². The summed E-state index contributed by atoms with van der Waals surface area (Å²) in [6.07, 6.45) is 5.21. The molecule has 2 saturated heterocycles. The number of nitrogens with zero attached hydrogens (tertiary/aromatic N) is 2. The maximum absolute atomic E-state index is 13.9. The van der Waals surface area contributed by atoms with Crippen LogP contribution in [0.1, 0.15) is 24.8 Å². The smallest absolute Gasteiger partial charge is 0.195 e. The lowest BCUT2D eigenvalue weighted by atomic mass is 9.75. The van der Waals surface area contributed by atoms with E-state index in [0.29, 0.717) is 5.69 Å². The molecule has 2 bridgehead atoms. The quantitative estimate of drug-likeness (QED) is 0.693. The van der Waals surface area contributed by atoms with Crippen molar-refractivity contribution in [1.29, 1.82) is 0 Å². The summed E-state index contributed by atoms with van der Waals surface area (Å²) in [5.74, 6) is -3.83. The fourth-order valence-electron chi connectivity index (χ4n) is 3.96. The third-order valence-corrected chi connectivity index (χ3v) is 5.25. The van der Waals surface area contributed by atoms with Gasteiger partial charge in [-0.3, -0.25) is 4.98 Å². The summed E-state index contributed by atoms with van der Waals surface area (Å²) in [7, 11) is 0. The highest BCUT2D eigenvalue weighted by molar-refractivity contribution is 8.93. The predicted molar refractivity (Wildman–Crippen MR) is 91.8 cm³/mol. The summed E-state index contributed by atoms with van der Waals surface area (Å²) in [5, 5.41) is 0. The van der Waals surface area contributed by atoms with Gasteiger partial charge in [-0.1, -0.05) is 6.07 Å². The van der Waals surface area contributed by atoms with Gasteiger partial charge in [0.25, 0.3) is 0 Å². The largest absolute Gasteiger partial charge is 0.302 e. The van der Waals surface area contributed by atoms with Crippen LogP contribution < -0.4 is 0 Å². The Hall–Kier alpha value is -1.40. The molecule has 0 N–H and O–H groups in total. The number of benzene rings is 1. The molecule has 1 aromatic carbocycles. The molecule has 1 aromatic heterocycles. The van der Waals surface area contributed by atoms with E-state index in [1.54, 1.807) is 12.3 Å². The van der Waals surface area contributed by atoms with Gasteiger partial charge < -0.3 is 4.90 Å². The van der Waals surface area contributed by atoms with Crippen LogP contribution in [0.25, 0.3) is 11.3 Å². The number of halogens is 4. The summed E-state index contributed by atoms with van der Waals surface area (Å²) in [5.41, 5.74) is 1.62. The zero-order valence-electron chi connectivity index (χ0n) is 13.1. The van der Waals surface area contributed by atoms with Gasteiger partial charge in [-0.05, 0) is 56.1 Å². The van der Waals surface area contributed by atoms with Crippen LogP contribution in [-0.2, 0) is 5.41 Å². The van der Waals surface area contributed by atoms with Crippen LogP contribution in [0.5, 0.6) is 0 Å². The lowest BCUT2D eigenvalue weighted by Crippen LogP contribution is -2.36. The van der Waals surface area contributed by atoms with E-state index in [1.165, 1.54) is 12.5 Å². The number of hydrogen-bond acceptors (Lipinski definition) is 2. The molecule has 0 saturated carbocycles. The van der Waals surface area contributed by atoms with Crippen molar-refractivity contribution in [3.63, 3.8) is 0 Å². The Labute approximate surface area is 149 Å². The second-order valence-electron chi connectivity index (χ2n) is 6.57. The minimum Gasteiger partial charge on any atom is -0.302 e. The Balaban J connectivity index is 0.00000169. The summed E-state index contributed by atoms with van der Waals surface area (Å²) in [4.78, 5) is 6.78. The number of pyridine rings is 1. The Bertz CT molecular complexity index is 747. The normalized spacial score (nSPS) is 25.4. The van der Waals surface area contributed by atoms with Crippen molar-refractivity contribution in [2.24, 2.45) is 0 Å². The predicted octanol–water partition coefficient (Wildman–Crippen LogP) is 4.48. The molecule has 24 heavy (non-hydrogen) atoms. The van der Waals surface area contributed by atoms with E-state index >= 15 is 0 Å². The summed E-state index contributed by atoms with van der Waals surface area (Å²) >= 11 is 0. The van der Waals surface area contributed by atoms with Crippen LogP contribution in [0.15, 0.2) is 30.5 Å². The Morgan fingerprint density at radius 2 is 1.79 bits per heavy atom. The summed E-state index contributed by atoms with van der Waals surface area (Å²) < 4.78 is 40.3. The van der Waals surface area contributed by atoms with Gasteiger partial charge in [0.2, 0.25) is 0 Å². The molecular formula is C18H18BrF3N2. The number of aromatic nitrogens is 1. The third-order valence-electron chi connectivity index (χ3n) is 5.25. The fraction of sp³-hybridized carbons (Fsp3) is 0.389. The number of fused-ring (bicyclic) bond motifs is 2. The van der Waals surface area contributed by atoms with E-state index in [-0.39, 0.29) is 28.0 Å². The molecule has 3 heterocycles. The van der Waals surface area contributed by atoms with E-state index in [2.05, 4.69) is 9.88 Å². The molecule has 2 nitrogen and oxygen atoms in total. The second kappa shape index (κ2) is 6.48. The van der Waals surface area contributed by atoms with E-state index in [0.717, 1.165) is 44.1 Å². The number of rotatable bonds is 2. The van der Waals surface area contributed by atoms with Crippen molar-refractivity contribution in [2.45, 2.75) is 24.7 Å². The Morgan fingerprint density at radius 3 is 2.54 bits per heavy atom. The van der Waals surface area contributed by atoms with Crippen molar-refractivity contribution >= 4 is 17.0 Å². The molecule has 2 aliphatic rings. The Morgan fingerprint density at radius 1 is 0.958 bits per heavy atom. The molecule has 128 valence electrons. The molecule has 2 atom stereocenters. The molecule has 6 heteroatoms. The minimum atomic E-state index is -1.45. The van der Waals surface area contributed by atoms with Crippen molar-refractivity contribution in [2.75, 3.05) is 19.6 Å². The summed E-state index contributed by atoms with van der Waals surface area (Å²) in [6, 6.07) is 5.82. The standard InChI is InChI=1S/C18H17F3N2.BrH/c19-14-4-3-13(16(20)17(14)21)15-5-2-12(10-22-15)18-6-1-8-23(11-18)9-7-18;/h2-5,10H,1,6-9,11H2;1H. The molecule has 2 aromatic rings. The van der Waals surface area contributed by atoms with Crippen LogP contribution in [0.3, 0.4) is 0 Å². The fourth-order valence-corrected chi connectivity index (χ4v) is 3.96. The van der Waals surface area contributed by atoms with Crippen molar-refractivity contribution < 1.29 is 13.2 Å². The van der Waals surface area contributed by atoms with Crippen molar-refractivity contribution in [1.82, 2.24) is 9.88 Å². The topological polar surface area (TPSA) is 16.1 Å². The maximum atomic E-state index is 13.9. The average molecular weight is 399 g/mol. The van der Waals surface area contributed by atoms with Gasteiger partial charge in [-0.2, -0.15) is 0 Å². The first kappa shape index (κ1) is 17.4. The SMILES string of the molecule is Br.Fc1ccc(-c2ccc(C34CCCN(CC3)C4)cn2)c(F)c1F. The first-order valence-corrected chi connectivity index (χ1v) is 7.92. The van der Waals surface area contributed by atoms with Gasteiger partial charge in [0.15, 0.2) is 17.5 Å². The molecule has 0 aliphatic carbocycles. The molecule has 2 unspecified atom stereocenters. The zero-order valence-corrected chi connectivity index (χ0v) is 14.8. The third kappa shape index (κ3) is 2.75. The van der Waals surface area contributed by atoms with Gasteiger partial charge in [0.1, 0.15) is 0 Å². The monoisotopic (exact) mass is 398 g/mol. The lowest BCUT2D eigenvalue weighted by Gasteiger charge is -2.34. The van der Waals surface area contributed by atoms with E-state index < -0.39 is 17.5 Å². The van der Waals surface area contributed by atoms with Gasteiger partial charge >= 0.3 is 0 Å².